The second-order valence-corrected chi connectivity index (χ2v) is 9.98. The molecule has 8 heteroatoms. The second kappa shape index (κ2) is 12.0. The van der Waals surface area contributed by atoms with Crippen LogP contribution in [0.5, 0.6) is 0 Å². The highest BCUT2D eigenvalue weighted by atomic mass is 16.7. The third-order valence-electron chi connectivity index (χ3n) is 7.50. The van der Waals surface area contributed by atoms with Gasteiger partial charge in [0.05, 0.1) is 24.4 Å². The molecule has 35 heavy (non-hydrogen) atoms. The minimum absolute atomic E-state index is 0.348. The number of ether oxygens (including phenoxy) is 3. The van der Waals surface area contributed by atoms with Crippen LogP contribution >= 0.6 is 0 Å². The molecule has 3 rings (SSSR count). The van der Waals surface area contributed by atoms with E-state index < -0.39 is 60.2 Å². The predicted molar refractivity (Wildman–Crippen MR) is 129 cm³/mol. The molecule has 1 fully saturated rings. The lowest BCUT2D eigenvalue weighted by Crippen LogP contribution is -2.66. The molecule has 10 atom stereocenters. The number of carbonyl (C=O) groups is 1. The van der Waals surface area contributed by atoms with E-state index >= 15 is 0 Å². The molecule has 1 saturated heterocycles. The van der Waals surface area contributed by atoms with Gasteiger partial charge in [0.15, 0.2) is 0 Å². The van der Waals surface area contributed by atoms with E-state index in [0.717, 1.165) is 5.56 Å². The summed E-state index contributed by atoms with van der Waals surface area (Å²) in [4.78, 5) is 13.3. The number of aliphatic hydroxyl groups excluding tert-OH is 3. The molecular formula is C27H40O8. The molecule has 1 aromatic carbocycles. The summed E-state index contributed by atoms with van der Waals surface area (Å²) in [6.07, 6.45) is -0.0935. The number of rotatable bonds is 2. The maximum absolute atomic E-state index is 13.3. The number of hydrogen-bond acceptors (Lipinski definition) is 8. The number of aliphatic hydroxyl groups is 4. The summed E-state index contributed by atoms with van der Waals surface area (Å²) in [7, 11) is 1.35. The smallest absolute Gasteiger partial charge is 0.314 e. The minimum Gasteiger partial charge on any atom is -0.457 e. The van der Waals surface area contributed by atoms with Crippen LogP contribution in [0.4, 0.5) is 0 Å². The van der Waals surface area contributed by atoms with Gasteiger partial charge in [-0.15, -0.1) is 0 Å². The molecule has 196 valence electrons. The van der Waals surface area contributed by atoms with Crippen LogP contribution in [0.2, 0.25) is 0 Å². The first-order valence-electron chi connectivity index (χ1n) is 12.5. The molecule has 1 aromatic rings. The number of fused-ring (bicyclic) bond motifs is 2. The van der Waals surface area contributed by atoms with Gasteiger partial charge in [0, 0.05) is 18.9 Å². The van der Waals surface area contributed by atoms with Gasteiger partial charge in [0.2, 0.25) is 5.79 Å². The van der Waals surface area contributed by atoms with Crippen molar-refractivity contribution in [3.63, 3.8) is 0 Å². The van der Waals surface area contributed by atoms with Crippen LogP contribution in [0.3, 0.4) is 0 Å². The average molecular weight is 493 g/mol. The largest absolute Gasteiger partial charge is 0.457 e. The SMILES string of the molecule is CO[C@@H]1[C@@H](O)[C@H](C)[C@H]2OC1(O)[C@H](C)C(=O)O[C@H](c1ccccc1)CCCC[C@H](O)[C@H](O)/C=C/[C@@H]2C. The van der Waals surface area contributed by atoms with Crippen LogP contribution in [-0.4, -0.2) is 69.8 Å². The maximum atomic E-state index is 13.3. The predicted octanol–water partition coefficient (Wildman–Crippen LogP) is 2.49. The molecule has 0 aliphatic carbocycles. The number of carbonyl (C=O) groups excluding carboxylic acids is 1. The third-order valence-corrected chi connectivity index (χ3v) is 7.50. The molecule has 0 aromatic heterocycles. The number of esters is 1. The van der Waals surface area contributed by atoms with Crippen molar-refractivity contribution in [3.05, 3.63) is 48.0 Å². The van der Waals surface area contributed by atoms with Crippen molar-refractivity contribution < 1.29 is 39.4 Å². The van der Waals surface area contributed by atoms with Crippen molar-refractivity contribution in [2.75, 3.05) is 7.11 Å². The summed E-state index contributed by atoms with van der Waals surface area (Å²) in [5.41, 5.74) is 0.817. The van der Waals surface area contributed by atoms with E-state index in [4.69, 9.17) is 14.2 Å². The van der Waals surface area contributed by atoms with E-state index in [1.807, 2.05) is 37.3 Å². The Morgan fingerprint density at radius 3 is 2.31 bits per heavy atom. The van der Waals surface area contributed by atoms with Crippen molar-refractivity contribution in [2.24, 2.45) is 17.8 Å². The Kier molecular flexibility index (Phi) is 9.48. The first kappa shape index (κ1) is 27.8. The number of benzene rings is 1. The molecular weight excluding hydrogens is 452 g/mol. The van der Waals surface area contributed by atoms with Gasteiger partial charge in [-0.2, -0.15) is 0 Å². The van der Waals surface area contributed by atoms with Gasteiger partial charge < -0.3 is 34.6 Å². The lowest BCUT2D eigenvalue weighted by molar-refractivity contribution is -0.360. The van der Waals surface area contributed by atoms with Crippen molar-refractivity contribution in [3.8, 4) is 0 Å². The van der Waals surface area contributed by atoms with Gasteiger partial charge in [-0.05, 0) is 31.7 Å². The van der Waals surface area contributed by atoms with E-state index in [1.54, 1.807) is 13.0 Å². The lowest BCUT2D eigenvalue weighted by atomic mass is 9.78. The van der Waals surface area contributed by atoms with Crippen LogP contribution < -0.4 is 0 Å². The van der Waals surface area contributed by atoms with E-state index in [9.17, 15) is 25.2 Å². The normalized spacial score (nSPS) is 42.7. The van der Waals surface area contributed by atoms with Gasteiger partial charge >= 0.3 is 5.97 Å². The van der Waals surface area contributed by atoms with E-state index in [2.05, 4.69) is 0 Å². The third kappa shape index (κ3) is 6.13. The Morgan fingerprint density at radius 2 is 1.66 bits per heavy atom. The number of cyclic esters (lactones) is 1. The van der Waals surface area contributed by atoms with Crippen LogP contribution in [0.15, 0.2) is 42.5 Å². The van der Waals surface area contributed by atoms with E-state index in [-0.39, 0.29) is 5.92 Å². The minimum atomic E-state index is -2.14. The van der Waals surface area contributed by atoms with E-state index in [1.165, 1.54) is 20.1 Å². The monoisotopic (exact) mass is 492 g/mol. The zero-order chi connectivity index (χ0) is 25.8. The van der Waals surface area contributed by atoms with Crippen LogP contribution in [0, 0.1) is 17.8 Å². The molecule has 4 N–H and O–H groups in total. The molecule has 0 radical (unpaired) electrons. The highest BCUT2D eigenvalue weighted by Crippen LogP contribution is 2.41. The Morgan fingerprint density at radius 1 is 1.00 bits per heavy atom. The van der Waals surface area contributed by atoms with Gasteiger partial charge in [0.1, 0.15) is 18.1 Å². The molecule has 2 bridgehead atoms. The summed E-state index contributed by atoms with van der Waals surface area (Å²) in [5, 5.41) is 43.5. The zero-order valence-electron chi connectivity index (χ0n) is 21.0. The fourth-order valence-corrected chi connectivity index (χ4v) is 5.10. The van der Waals surface area contributed by atoms with Crippen molar-refractivity contribution >= 4 is 5.97 Å². The van der Waals surface area contributed by atoms with Crippen molar-refractivity contribution in [1.29, 1.82) is 0 Å². The average Bonchev–Trinajstić information content (AvgIpc) is 2.85. The van der Waals surface area contributed by atoms with Crippen LogP contribution in [0.1, 0.15) is 58.1 Å². The molecule has 1 unspecified atom stereocenters. The fourth-order valence-electron chi connectivity index (χ4n) is 5.10. The molecule has 2 heterocycles. The van der Waals surface area contributed by atoms with Crippen molar-refractivity contribution in [2.45, 2.75) is 88.9 Å². The second-order valence-electron chi connectivity index (χ2n) is 9.98. The first-order valence-corrected chi connectivity index (χ1v) is 12.5. The topological polar surface area (TPSA) is 126 Å². The van der Waals surface area contributed by atoms with Gasteiger partial charge in [-0.25, -0.2) is 0 Å². The summed E-state index contributed by atoms with van der Waals surface area (Å²) in [5.74, 6) is -4.74. The Balaban J connectivity index is 1.98. The first-order chi connectivity index (χ1) is 16.6. The van der Waals surface area contributed by atoms with Crippen molar-refractivity contribution in [1.82, 2.24) is 0 Å². The molecule has 0 spiro atoms. The lowest BCUT2D eigenvalue weighted by Gasteiger charge is -2.51. The van der Waals surface area contributed by atoms with Crippen LogP contribution in [-0.2, 0) is 19.0 Å². The molecule has 2 aliphatic heterocycles. The highest BCUT2D eigenvalue weighted by molar-refractivity contribution is 5.73. The summed E-state index contributed by atoms with van der Waals surface area (Å²) < 4.78 is 17.5. The zero-order valence-corrected chi connectivity index (χ0v) is 21.0. The Hall–Kier alpha value is -1.81. The number of hydrogen-bond donors (Lipinski definition) is 4. The quantitative estimate of drug-likeness (QED) is 0.367. The number of methoxy groups -OCH3 is 1. The summed E-state index contributed by atoms with van der Waals surface area (Å²) in [6, 6.07) is 9.34. The van der Waals surface area contributed by atoms with Gasteiger partial charge in [0.25, 0.3) is 0 Å². The fraction of sp³-hybridized carbons (Fsp3) is 0.667. The van der Waals surface area contributed by atoms with Gasteiger partial charge in [-0.3, -0.25) is 4.79 Å². The van der Waals surface area contributed by atoms with Crippen LogP contribution in [0.25, 0.3) is 0 Å². The Labute approximate surface area is 207 Å². The molecule has 8 nitrogen and oxygen atoms in total. The molecule has 0 amide bonds. The summed E-state index contributed by atoms with van der Waals surface area (Å²) in [6.45, 7) is 5.12. The summed E-state index contributed by atoms with van der Waals surface area (Å²) >= 11 is 0. The Bertz CT molecular complexity index is 845. The standard InChI is InChI=1S/C27H40O8/c1-16-14-15-21(29)20(28)12-8-9-13-22(19-10-6-5-7-11-19)34-26(31)18(3)27(32)25(33-4)23(30)17(2)24(16)35-27/h5-7,10-11,14-18,20-25,28-30,32H,8-9,12-13H2,1-4H3/b15-14+/t16-,17-,18+,20-,21+,22-,23-,24-,25+,27?/m0/s1. The molecule has 2 aliphatic rings. The maximum Gasteiger partial charge on any atom is 0.314 e. The molecule has 0 saturated carbocycles. The van der Waals surface area contributed by atoms with Gasteiger partial charge in [-0.1, -0.05) is 62.8 Å². The highest BCUT2D eigenvalue weighted by Gasteiger charge is 2.58. The van der Waals surface area contributed by atoms with E-state index in [0.29, 0.717) is 25.7 Å².